The molecule has 0 unspecified atom stereocenters. The first-order valence-corrected chi connectivity index (χ1v) is 14.3. The van der Waals surface area contributed by atoms with Crippen LogP contribution >= 0.6 is 15.8 Å². The minimum absolute atomic E-state index is 0.0128. The van der Waals surface area contributed by atoms with Gasteiger partial charge in [-0.3, -0.25) is 4.98 Å². The van der Waals surface area contributed by atoms with Gasteiger partial charge in [0.1, 0.15) is 0 Å². The summed E-state index contributed by atoms with van der Waals surface area (Å²) in [6.45, 7) is 21.6. The average molecular weight is 409 g/mol. The molecule has 0 N–H and O–H groups in total. The van der Waals surface area contributed by atoms with E-state index in [1.54, 1.807) is 0 Å². The molecule has 2 nitrogen and oxygen atoms in total. The SMILES string of the molecule is CC(C)P(Cc1cc(N2CCCC2)cc(CP(C(C)C)C(C)C)n1)C(C)C. The molecule has 2 heterocycles. The van der Waals surface area contributed by atoms with Crippen molar-refractivity contribution in [1.82, 2.24) is 4.98 Å². The molecule has 0 atom stereocenters. The van der Waals surface area contributed by atoms with Gasteiger partial charge in [-0.25, -0.2) is 0 Å². The molecule has 0 radical (unpaired) electrons. The predicted molar refractivity (Wildman–Crippen MR) is 127 cm³/mol. The van der Waals surface area contributed by atoms with Crippen molar-refractivity contribution in [2.45, 2.75) is 103 Å². The van der Waals surface area contributed by atoms with Crippen molar-refractivity contribution >= 4 is 21.5 Å². The van der Waals surface area contributed by atoms with Gasteiger partial charge >= 0.3 is 0 Å². The van der Waals surface area contributed by atoms with Crippen LogP contribution in [0.2, 0.25) is 0 Å². The highest BCUT2D eigenvalue weighted by Crippen LogP contribution is 2.51. The molecule has 0 bridgehead atoms. The van der Waals surface area contributed by atoms with Gasteiger partial charge in [-0.05, 0) is 47.6 Å². The molecule has 27 heavy (non-hydrogen) atoms. The molecule has 4 heteroatoms. The second-order valence-electron chi connectivity index (χ2n) is 9.22. The quantitative estimate of drug-likeness (QED) is 0.399. The molecule has 0 amide bonds. The van der Waals surface area contributed by atoms with Gasteiger partial charge in [0.15, 0.2) is 0 Å². The van der Waals surface area contributed by atoms with Gasteiger partial charge in [-0.15, -0.1) is 0 Å². The van der Waals surface area contributed by atoms with E-state index in [-0.39, 0.29) is 15.8 Å². The third-order valence-electron chi connectivity index (χ3n) is 5.73. The Bertz CT molecular complexity index is 521. The Kier molecular flexibility index (Phi) is 9.02. The number of pyridine rings is 1. The second kappa shape index (κ2) is 10.5. The van der Waals surface area contributed by atoms with Crippen LogP contribution in [-0.4, -0.2) is 40.7 Å². The molecule has 1 saturated heterocycles. The van der Waals surface area contributed by atoms with Crippen molar-refractivity contribution in [2.24, 2.45) is 0 Å². The van der Waals surface area contributed by atoms with E-state index in [1.165, 1.54) is 55.3 Å². The minimum Gasteiger partial charge on any atom is -0.371 e. The zero-order valence-corrected chi connectivity index (χ0v) is 20.8. The van der Waals surface area contributed by atoms with Crippen molar-refractivity contribution in [2.75, 3.05) is 18.0 Å². The topological polar surface area (TPSA) is 16.1 Å². The van der Waals surface area contributed by atoms with Crippen LogP contribution in [-0.2, 0) is 12.3 Å². The second-order valence-corrected chi connectivity index (χ2v) is 16.0. The fourth-order valence-corrected chi connectivity index (χ4v) is 9.17. The first-order chi connectivity index (χ1) is 12.7. The fourth-order valence-electron chi connectivity index (χ4n) is 4.25. The summed E-state index contributed by atoms with van der Waals surface area (Å²) in [5, 5.41) is 0. The van der Waals surface area contributed by atoms with Crippen LogP contribution < -0.4 is 4.90 Å². The number of hydrogen-bond acceptors (Lipinski definition) is 2. The lowest BCUT2D eigenvalue weighted by atomic mass is 10.2. The van der Waals surface area contributed by atoms with Gasteiger partial charge in [0.2, 0.25) is 0 Å². The monoisotopic (exact) mass is 408 g/mol. The Morgan fingerprint density at radius 1 is 0.741 bits per heavy atom. The summed E-state index contributed by atoms with van der Waals surface area (Å²) < 4.78 is 0. The van der Waals surface area contributed by atoms with Gasteiger partial charge in [-0.2, -0.15) is 0 Å². The molecule has 0 spiro atoms. The molecule has 1 aliphatic heterocycles. The van der Waals surface area contributed by atoms with Crippen LogP contribution in [0, 0.1) is 0 Å². The fraction of sp³-hybridized carbons (Fsp3) is 0.783. The highest BCUT2D eigenvalue weighted by Gasteiger charge is 2.22. The van der Waals surface area contributed by atoms with E-state index in [0.717, 1.165) is 22.6 Å². The Morgan fingerprint density at radius 3 is 1.44 bits per heavy atom. The Morgan fingerprint density at radius 2 is 1.11 bits per heavy atom. The van der Waals surface area contributed by atoms with Crippen molar-refractivity contribution in [1.29, 1.82) is 0 Å². The maximum Gasteiger partial charge on any atom is 0.0470 e. The lowest BCUT2D eigenvalue weighted by Gasteiger charge is -2.28. The van der Waals surface area contributed by atoms with E-state index in [2.05, 4.69) is 72.4 Å². The van der Waals surface area contributed by atoms with Crippen LogP contribution in [0.5, 0.6) is 0 Å². The van der Waals surface area contributed by atoms with Crippen LogP contribution in [0.4, 0.5) is 5.69 Å². The molecule has 2 rings (SSSR count). The largest absolute Gasteiger partial charge is 0.371 e. The number of anilines is 1. The third kappa shape index (κ3) is 6.68. The molecule has 1 aromatic rings. The average Bonchev–Trinajstić information content (AvgIpc) is 3.11. The van der Waals surface area contributed by atoms with Crippen molar-refractivity contribution in [3.05, 3.63) is 23.5 Å². The molecule has 1 fully saturated rings. The summed E-state index contributed by atoms with van der Waals surface area (Å²) in [6, 6.07) is 4.84. The van der Waals surface area contributed by atoms with E-state index in [1.807, 2.05) is 0 Å². The maximum absolute atomic E-state index is 5.22. The molecule has 0 aromatic carbocycles. The summed E-state index contributed by atoms with van der Waals surface area (Å²) in [5.74, 6) is 0. The smallest absolute Gasteiger partial charge is 0.0470 e. The van der Waals surface area contributed by atoms with Crippen molar-refractivity contribution in [3.8, 4) is 0 Å². The lowest BCUT2D eigenvalue weighted by molar-refractivity contribution is 0.938. The van der Waals surface area contributed by atoms with Crippen molar-refractivity contribution < 1.29 is 0 Å². The zero-order chi connectivity index (χ0) is 20.1. The number of aromatic nitrogens is 1. The first-order valence-electron chi connectivity index (χ1n) is 10.9. The standard InChI is InChI=1S/C23H42N2P2/c1-17(2)26(18(3)4)15-21-13-23(25-11-9-10-12-25)14-22(24-21)16-27(19(5)6)20(7)8/h13-14,17-20H,9-12,15-16H2,1-8H3. The summed E-state index contributed by atoms with van der Waals surface area (Å²) in [7, 11) is -0.0257. The molecule has 0 saturated carbocycles. The number of nitrogens with zero attached hydrogens (tertiary/aromatic N) is 2. The van der Waals surface area contributed by atoms with Gasteiger partial charge in [-0.1, -0.05) is 71.2 Å². The Balaban J connectivity index is 2.33. The van der Waals surface area contributed by atoms with Gasteiger partial charge in [0.25, 0.3) is 0 Å². The van der Waals surface area contributed by atoms with E-state index < -0.39 is 0 Å². The van der Waals surface area contributed by atoms with Gasteiger partial charge in [0.05, 0.1) is 0 Å². The highest BCUT2D eigenvalue weighted by molar-refractivity contribution is 7.58. The molecule has 154 valence electrons. The third-order valence-corrected chi connectivity index (χ3v) is 12.4. The minimum atomic E-state index is -0.0128. The summed E-state index contributed by atoms with van der Waals surface area (Å²) in [6.07, 6.45) is 5.03. The summed E-state index contributed by atoms with van der Waals surface area (Å²) >= 11 is 0. The van der Waals surface area contributed by atoms with Gasteiger partial charge < -0.3 is 4.90 Å². The number of rotatable bonds is 9. The number of hydrogen-bond donors (Lipinski definition) is 0. The van der Waals surface area contributed by atoms with Crippen LogP contribution in [0.25, 0.3) is 0 Å². The van der Waals surface area contributed by atoms with E-state index in [0.29, 0.717) is 0 Å². The van der Waals surface area contributed by atoms with E-state index in [9.17, 15) is 0 Å². The first kappa shape index (κ1) is 23.1. The molecular weight excluding hydrogens is 366 g/mol. The maximum atomic E-state index is 5.22. The normalized spacial score (nSPS) is 15.6. The molecule has 1 aromatic heterocycles. The Hall–Kier alpha value is -0.190. The van der Waals surface area contributed by atoms with Crippen LogP contribution in [0.15, 0.2) is 12.1 Å². The van der Waals surface area contributed by atoms with E-state index >= 15 is 0 Å². The Labute approximate surface area is 171 Å². The van der Waals surface area contributed by atoms with Crippen molar-refractivity contribution in [3.63, 3.8) is 0 Å². The van der Waals surface area contributed by atoms with E-state index in [4.69, 9.17) is 4.98 Å². The zero-order valence-electron chi connectivity index (χ0n) is 19.0. The van der Waals surface area contributed by atoms with Crippen LogP contribution in [0.3, 0.4) is 0 Å². The highest BCUT2D eigenvalue weighted by atomic mass is 31.1. The molecular formula is C23H42N2P2. The molecule has 0 aliphatic carbocycles. The lowest BCUT2D eigenvalue weighted by Crippen LogP contribution is -2.19. The summed E-state index contributed by atoms with van der Waals surface area (Å²) in [5.41, 5.74) is 7.22. The summed E-state index contributed by atoms with van der Waals surface area (Å²) in [4.78, 5) is 7.81. The predicted octanol–water partition coefficient (Wildman–Crippen LogP) is 7.28. The molecule has 1 aliphatic rings. The van der Waals surface area contributed by atoms with Gasteiger partial charge in [0, 0.05) is 42.5 Å². The van der Waals surface area contributed by atoms with Crippen LogP contribution in [0.1, 0.15) is 79.6 Å².